The second-order valence-corrected chi connectivity index (χ2v) is 7.70. The number of aromatic amines is 1. The first-order valence-corrected chi connectivity index (χ1v) is 9.69. The Morgan fingerprint density at radius 3 is 3.15 bits per heavy atom. The van der Waals surface area contributed by atoms with E-state index < -0.39 is 0 Å². The molecule has 0 bridgehead atoms. The fourth-order valence-corrected chi connectivity index (χ4v) is 3.79. The van der Waals surface area contributed by atoms with E-state index in [9.17, 15) is 4.79 Å². The highest BCUT2D eigenvalue weighted by molar-refractivity contribution is 5.67. The Kier molecular flexibility index (Phi) is 5.01. The van der Waals surface area contributed by atoms with E-state index in [1.54, 1.807) is 0 Å². The number of hydrogen-bond acceptors (Lipinski definition) is 5. The van der Waals surface area contributed by atoms with Gasteiger partial charge in [-0.2, -0.15) is 5.10 Å². The minimum Gasteiger partial charge on any atom is -0.477 e. The van der Waals surface area contributed by atoms with Gasteiger partial charge in [-0.3, -0.25) is 5.10 Å². The van der Waals surface area contributed by atoms with Crippen LogP contribution in [0, 0.1) is 0 Å². The molecular weight excluding hydrogens is 344 g/mol. The van der Waals surface area contributed by atoms with Gasteiger partial charge in [-0.15, -0.1) is 0 Å². The maximum atomic E-state index is 11.8. The van der Waals surface area contributed by atoms with Crippen LogP contribution in [-0.4, -0.2) is 40.0 Å². The second-order valence-electron chi connectivity index (χ2n) is 7.70. The number of H-pyrrole nitrogens is 1. The van der Waals surface area contributed by atoms with Crippen molar-refractivity contribution in [3.05, 3.63) is 40.8 Å². The number of rotatable bonds is 5. The van der Waals surface area contributed by atoms with Crippen molar-refractivity contribution in [2.75, 3.05) is 6.61 Å². The van der Waals surface area contributed by atoms with Crippen molar-refractivity contribution in [2.45, 2.75) is 64.0 Å². The van der Waals surface area contributed by atoms with E-state index >= 15 is 0 Å². The summed E-state index contributed by atoms with van der Waals surface area (Å²) in [5.74, 6) is 1.09. The molecule has 27 heavy (non-hydrogen) atoms. The number of nitrogens with zero attached hydrogens (tertiary/aromatic N) is 2. The third-order valence-corrected chi connectivity index (χ3v) is 5.11. The van der Waals surface area contributed by atoms with E-state index in [4.69, 9.17) is 9.47 Å². The summed E-state index contributed by atoms with van der Waals surface area (Å²) in [6, 6.07) is 6.35. The van der Waals surface area contributed by atoms with Crippen molar-refractivity contribution in [1.29, 1.82) is 0 Å². The van der Waals surface area contributed by atoms with Crippen LogP contribution >= 0.6 is 0 Å². The Hall–Kier alpha value is -2.57. The summed E-state index contributed by atoms with van der Waals surface area (Å²) in [6.45, 7) is 4.57. The highest BCUT2D eigenvalue weighted by atomic mass is 16.6. The zero-order valence-electron chi connectivity index (χ0n) is 15.8. The van der Waals surface area contributed by atoms with Crippen molar-refractivity contribution in [3.63, 3.8) is 0 Å². The Labute approximate surface area is 158 Å². The van der Waals surface area contributed by atoms with Crippen LogP contribution in [0.25, 0.3) is 0 Å². The molecule has 2 atom stereocenters. The van der Waals surface area contributed by atoms with Crippen LogP contribution in [-0.2, 0) is 17.6 Å². The van der Waals surface area contributed by atoms with Gasteiger partial charge >= 0.3 is 6.09 Å². The molecule has 2 unspecified atom stereocenters. The van der Waals surface area contributed by atoms with Gasteiger partial charge in [0.25, 0.3) is 0 Å². The van der Waals surface area contributed by atoms with Gasteiger partial charge in [0.15, 0.2) is 0 Å². The molecule has 0 radical (unpaired) electrons. The summed E-state index contributed by atoms with van der Waals surface area (Å²) in [5, 5.41) is 10.4. The largest absolute Gasteiger partial charge is 0.477 e. The summed E-state index contributed by atoms with van der Waals surface area (Å²) in [4.78, 5) is 16.4. The van der Waals surface area contributed by atoms with Gasteiger partial charge in [0.1, 0.15) is 6.10 Å². The lowest BCUT2D eigenvalue weighted by molar-refractivity contribution is 0.0981. The number of aromatic nitrogens is 3. The molecule has 1 amide bonds. The molecule has 2 aliphatic rings. The van der Waals surface area contributed by atoms with E-state index in [0.717, 1.165) is 55.3 Å². The van der Waals surface area contributed by atoms with Gasteiger partial charge in [-0.05, 0) is 45.2 Å². The molecule has 2 aromatic rings. The molecule has 1 aliphatic carbocycles. The maximum Gasteiger partial charge on any atom is 0.407 e. The number of alkyl carbamates (subject to hydrolysis) is 1. The first-order valence-electron chi connectivity index (χ1n) is 9.69. The lowest BCUT2D eigenvalue weighted by Gasteiger charge is -2.14. The van der Waals surface area contributed by atoms with Gasteiger partial charge in [-0.25, -0.2) is 9.78 Å². The van der Waals surface area contributed by atoms with Crippen molar-refractivity contribution < 1.29 is 14.3 Å². The number of carbonyl (C=O) groups is 1. The van der Waals surface area contributed by atoms with Crippen LogP contribution < -0.4 is 10.1 Å². The zero-order valence-corrected chi connectivity index (χ0v) is 15.8. The summed E-state index contributed by atoms with van der Waals surface area (Å²) in [7, 11) is 0. The molecule has 1 aliphatic heterocycles. The number of nitrogens with one attached hydrogen (secondary N) is 2. The topological polar surface area (TPSA) is 89.1 Å². The summed E-state index contributed by atoms with van der Waals surface area (Å²) >= 11 is 0. The van der Waals surface area contributed by atoms with E-state index in [1.807, 2.05) is 13.8 Å². The number of amides is 1. The first kappa shape index (κ1) is 17.8. The zero-order chi connectivity index (χ0) is 18.8. The predicted molar refractivity (Wildman–Crippen MR) is 100.0 cm³/mol. The van der Waals surface area contributed by atoms with Crippen molar-refractivity contribution in [1.82, 2.24) is 20.5 Å². The summed E-state index contributed by atoms with van der Waals surface area (Å²) in [5.41, 5.74) is 4.24. The van der Waals surface area contributed by atoms with E-state index in [-0.39, 0.29) is 18.2 Å². The molecule has 1 saturated carbocycles. The van der Waals surface area contributed by atoms with Crippen molar-refractivity contribution in [3.8, 4) is 5.88 Å². The van der Waals surface area contributed by atoms with E-state index in [0.29, 0.717) is 12.3 Å². The lowest BCUT2D eigenvalue weighted by Crippen LogP contribution is -2.33. The maximum absolute atomic E-state index is 11.8. The van der Waals surface area contributed by atoms with Crippen LogP contribution in [0.3, 0.4) is 0 Å². The summed E-state index contributed by atoms with van der Waals surface area (Å²) in [6.07, 6.45) is 3.95. The third-order valence-electron chi connectivity index (χ3n) is 5.11. The molecule has 4 rings (SSSR count). The van der Waals surface area contributed by atoms with E-state index in [1.165, 1.54) is 5.56 Å². The molecule has 0 spiro atoms. The molecular formula is C20H26N4O3. The molecule has 7 nitrogen and oxygen atoms in total. The van der Waals surface area contributed by atoms with Gasteiger partial charge in [0.2, 0.25) is 5.88 Å². The van der Waals surface area contributed by atoms with Crippen LogP contribution in [0.5, 0.6) is 5.88 Å². The first-order chi connectivity index (χ1) is 13.1. The standard InChI is InChI=1S/C20H26N4O3/c1-12(2)21-20(25)27-17-6-4-14(9-17)18-11-16(23-24-18)10-15-5-3-13-7-8-26-19(13)22-15/h3,5,11-12,14,17H,4,6-10H2,1-2H3,(H,21,25)(H,23,24). The Bertz CT molecular complexity index is 817. The Balaban J connectivity index is 1.34. The lowest BCUT2D eigenvalue weighted by atomic mass is 10.0. The van der Waals surface area contributed by atoms with Gasteiger partial charge in [0.05, 0.1) is 18.0 Å². The average molecular weight is 370 g/mol. The van der Waals surface area contributed by atoms with E-state index in [2.05, 4.69) is 38.7 Å². The quantitative estimate of drug-likeness (QED) is 0.844. The molecule has 0 saturated heterocycles. The van der Waals surface area contributed by atoms with Gasteiger partial charge < -0.3 is 14.8 Å². The highest BCUT2D eigenvalue weighted by Crippen LogP contribution is 2.35. The van der Waals surface area contributed by atoms with Crippen LogP contribution in [0.2, 0.25) is 0 Å². The monoisotopic (exact) mass is 370 g/mol. The smallest absolute Gasteiger partial charge is 0.407 e. The van der Waals surface area contributed by atoms with Crippen molar-refractivity contribution >= 4 is 6.09 Å². The van der Waals surface area contributed by atoms with Gasteiger partial charge in [0, 0.05) is 36.1 Å². The minimum atomic E-state index is -0.330. The molecule has 0 aromatic carbocycles. The number of fused-ring (bicyclic) bond motifs is 1. The normalized spacial score (nSPS) is 21.1. The number of hydrogen-bond donors (Lipinski definition) is 2. The predicted octanol–water partition coefficient (Wildman–Crippen LogP) is 3.10. The Morgan fingerprint density at radius 2 is 2.30 bits per heavy atom. The average Bonchev–Trinajstić information content (AvgIpc) is 3.33. The summed E-state index contributed by atoms with van der Waals surface area (Å²) < 4.78 is 11.1. The fourth-order valence-electron chi connectivity index (χ4n) is 3.79. The molecule has 2 N–H and O–H groups in total. The van der Waals surface area contributed by atoms with Crippen LogP contribution in [0.1, 0.15) is 61.7 Å². The molecule has 1 fully saturated rings. The molecule has 2 aromatic heterocycles. The minimum absolute atomic E-state index is 0.0376. The van der Waals surface area contributed by atoms with Crippen molar-refractivity contribution in [2.24, 2.45) is 0 Å². The SMILES string of the molecule is CC(C)NC(=O)OC1CCC(c2cc(Cc3ccc4c(n3)OCC4)[nH]n2)C1. The Morgan fingerprint density at radius 1 is 1.41 bits per heavy atom. The fraction of sp³-hybridized carbons (Fsp3) is 0.550. The second kappa shape index (κ2) is 7.58. The van der Waals surface area contributed by atoms with Crippen LogP contribution in [0.4, 0.5) is 4.79 Å². The molecule has 3 heterocycles. The van der Waals surface area contributed by atoms with Crippen LogP contribution in [0.15, 0.2) is 18.2 Å². The van der Waals surface area contributed by atoms with Gasteiger partial charge in [-0.1, -0.05) is 6.07 Å². The number of ether oxygens (including phenoxy) is 2. The number of carbonyl (C=O) groups excluding carboxylic acids is 1. The molecule has 144 valence electrons. The number of pyridine rings is 1. The molecule has 7 heteroatoms. The third kappa shape index (κ3) is 4.23. The highest BCUT2D eigenvalue weighted by Gasteiger charge is 2.30.